The molecular formula is C30H51O5P. The third-order valence-corrected chi connectivity index (χ3v) is 12.0. The van der Waals surface area contributed by atoms with Crippen LogP contribution in [0.4, 0.5) is 0 Å². The summed E-state index contributed by atoms with van der Waals surface area (Å²) in [6.45, 7) is 12.3. The quantitative estimate of drug-likeness (QED) is 0.186. The van der Waals surface area contributed by atoms with Crippen LogP contribution in [0.25, 0.3) is 0 Å². The van der Waals surface area contributed by atoms with Crippen molar-refractivity contribution in [2.45, 2.75) is 118 Å². The van der Waals surface area contributed by atoms with Crippen LogP contribution >= 0.6 is 7.60 Å². The molecule has 0 aromatic carbocycles. The molecule has 0 bridgehead atoms. The van der Waals surface area contributed by atoms with Gasteiger partial charge in [0.1, 0.15) is 6.10 Å². The van der Waals surface area contributed by atoms with E-state index >= 15 is 0 Å². The molecule has 3 unspecified atom stereocenters. The Labute approximate surface area is 219 Å². The number of rotatable bonds is 9. The van der Waals surface area contributed by atoms with Crippen LogP contribution in [0.1, 0.15) is 112 Å². The van der Waals surface area contributed by atoms with E-state index in [9.17, 15) is 9.36 Å². The van der Waals surface area contributed by atoms with E-state index in [0.29, 0.717) is 5.41 Å². The molecule has 0 aliphatic heterocycles. The van der Waals surface area contributed by atoms with E-state index in [1.807, 2.05) is 0 Å². The summed E-state index contributed by atoms with van der Waals surface area (Å²) in [5.74, 6) is 4.39. The summed E-state index contributed by atoms with van der Waals surface area (Å²) in [6, 6.07) is 0. The third-order valence-electron chi connectivity index (χ3n) is 11.2. The Balaban J connectivity index is 1.39. The third kappa shape index (κ3) is 5.84. The van der Waals surface area contributed by atoms with E-state index in [2.05, 4.69) is 40.7 Å². The molecule has 4 aliphatic rings. The van der Waals surface area contributed by atoms with Crippen molar-refractivity contribution < 1.29 is 23.9 Å². The summed E-state index contributed by atoms with van der Waals surface area (Å²) in [4.78, 5) is 30.3. The molecule has 5 nitrogen and oxygen atoms in total. The summed E-state index contributed by atoms with van der Waals surface area (Å²) in [6.07, 6.45) is 15.2. The largest absolute Gasteiger partial charge is 0.462 e. The Morgan fingerprint density at radius 1 is 1.08 bits per heavy atom. The zero-order valence-corrected chi connectivity index (χ0v) is 24.3. The lowest BCUT2D eigenvalue weighted by Gasteiger charge is -2.58. The molecule has 206 valence electrons. The van der Waals surface area contributed by atoms with Gasteiger partial charge in [0.25, 0.3) is 0 Å². The Kier molecular flexibility index (Phi) is 8.55. The summed E-state index contributed by atoms with van der Waals surface area (Å²) in [7, 11) is -4.17. The van der Waals surface area contributed by atoms with Crippen LogP contribution < -0.4 is 0 Å². The molecule has 36 heavy (non-hydrogen) atoms. The lowest BCUT2D eigenvalue weighted by atomic mass is 9.47. The summed E-state index contributed by atoms with van der Waals surface area (Å²) >= 11 is 0. The summed E-state index contributed by atoms with van der Waals surface area (Å²) in [5.41, 5.74) is 2.18. The summed E-state index contributed by atoms with van der Waals surface area (Å²) < 4.78 is 16.8. The molecule has 0 amide bonds. The van der Waals surface area contributed by atoms with E-state index in [-0.39, 0.29) is 17.9 Å². The first-order valence-corrected chi connectivity index (χ1v) is 16.6. The first kappa shape index (κ1) is 28.4. The topological polar surface area (TPSA) is 83.8 Å². The number of hydrogen-bond donors (Lipinski definition) is 2. The van der Waals surface area contributed by atoms with Crippen molar-refractivity contribution in [3.63, 3.8) is 0 Å². The molecule has 0 spiro atoms. The van der Waals surface area contributed by atoms with E-state index in [1.54, 1.807) is 0 Å². The highest BCUT2D eigenvalue weighted by atomic mass is 31.2. The van der Waals surface area contributed by atoms with Gasteiger partial charge in [-0.1, -0.05) is 65.5 Å². The molecule has 4 aliphatic carbocycles. The zero-order valence-electron chi connectivity index (χ0n) is 23.4. The molecule has 8 atom stereocenters. The average molecular weight is 523 g/mol. The normalized spacial score (nSPS) is 39.1. The molecule has 0 radical (unpaired) electrons. The van der Waals surface area contributed by atoms with Gasteiger partial charge < -0.3 is 14.5 Å². The van der Waals surface area contributed by atoms with Crippen LogP contribution in [-0.4, -0.2) is 28.0 Å². The van der Waals surface area contributed by atoms with E-state index < -0.39 is 19.7 Å². The molecule has 3 fully saturated rings. The Bertz CT molecular complexity index is 877. The zero-order chi connectivity index (χ0) is 26.3. The number of ether oxygens (including phenoxy) is 1. The van der Waals surface area contributed by atoms with E-state index in [1.165, 1.54) is 56.9 Å². The predicted molar refractivity (Wildman–Crippen MR) is 144 cm³/mol. The minimum Gasteiger partial charge on any atom is -0.462 e. The minimum atomic E-state index is -4.17. The fraction of sp³-hybridized carbons (Fsp3) is 0.900. The van der Waals surface area contributed by atoms with Crippen LogP contribution in [0.15, 0.2) is 11.6 Å². The van der Waals surface area contributed by atoms with Gasteiger partial charge in [-0.2, -0.15) is 0 Å². The number of esters is 1. The lowest BCUT2D eigenvalue weighted by molar-refractivity contribution is -0.151. The van der Waals surface area contributed by atoms with Gasteiger partial charge in [-0.15, -0.1) is 0 Å². The second-order valence-corrected chi connectivity index (χ2v) is 15.6. The van der Waals surface area contributed by atoms with Crippen molar-refractivity contribution >= 4 is 13.6 Å². The molecule has 0 heterocycles. The SMILES string of the molecule is CC(C)CCC[C@@H](C)C1CCC2[C@@H]3CC=C4C[C@@H](OC(=O)CCP(=O)(O)O)CC[C@]4(C)C3CC[C@@]21C. The van der Waals surface area contributed by atoms with Crippen molar-refractivity contribution in [3.05, 3.63) is 11.6 Å². The molecule has 0 aromatic heterocycles. The number of hydrogen-bond acceptors (Lipinski definition) is 3. The van der Waals surface area contributed by atoms with Gasteiger partial charge in [-0.05, 0) is 91.3 Å². The smallest absolute Gasteiger partial charge is 0.326 e. The van der Waals surface area contributed by atoms with Crippen LogP contribution in [0.3, 0.4) is 0 Å². The summed E-state index contributed by atoms with van der Waals surface area (Å²) in [5, 5.41) is 0. The first-order chi connectivity index (χ1) is 16.8. The maximum atomic E-state index is 12.2. The molecule has 6 heteroatoms. The Hall–Kier alpha value is -0.640. The van der Waals surface area contributed by atoms with Crippen molar-refractivity contribution in [3.8, 4) is 0 Å². The lowest BCUT2D eigenvalue weighted by Crippen LogP contribution is -2.51. The fourth-order valence-electron chi connectivity index (χ4n) is 9.23. The van der Waals surface area contributed by atoms with Crippen LogP contribution in [0, 0.1) is 46.3 Å². The maximum Gasteiger partial charge on any atom is 0.326 e. The number of carbonyl (C=O) groups excluding carboxylic acids is 1. The van der Waals surface area contributed by atoms with E-state index in [4.69, 9.17) is 14.5 Å². The van der Waals surface area contributed by atoms with Gasteiger partial charge >= 0.3 is 13.6 Å². The van der Waals surface area contributed by atoms with Gasteiger partial charge in [0.05, 0.1) is 12.6 Å². The van der Waals surface area contributed by atoms with Gasteiger partial charge in [0.15, 0.2) is 0 Å². The minimum absolute atomic E-state index is 0.151. The predicted octanol–water partition coefficient (Wildman–Crippen LogP) is 7.51. The molecule has 4 rings (SSSR count). The molecule has 2 N–H and O–H groups in total. The highest BCUT2D eigenvalue weighted by Crippen LogP contribution is 2.67. The van der Waals surface area contributed by atoms with Gasteiger partial charge in [-0.25, -0.2) is 0 Å². The van der Waals surface area contributed by atoms with Crippen molar-refractivity contribution in [1.82, 2.24) is 0 Å². The van der Waals surface area contributed by atoms with E-state index in [0.717, 1.165) is 54.8 Å². The fourth-order valence-corrected chi connectivity index (χ4v) is 9.71. The highest BCUT2D eigenvalue weighted by Gasteiger charge is 2.59. The number of fused-ring (bicyclic) bond motifs is 5. The van der Waals surface area contributed by atoms with Gasteiger partial charge in [-0.3, -0.25) is 9.36 Å². The number of allylic oxidation sites excluding steroid dienone is 1. The monoisotopic (exact) mass is 522 g/mol. The second-order valence-electron chi connectivity index (χ2n) is 13.8. The molecule has 0 aromatic rings. The first-order valence-electron chi connectivity index (χ1n) is 14.8. The average Bonchev–Trinajstić information content (AvgIpc) is 3.14. The van der Waals surface area contributed by atoms with Gasteiger partial charge in [0.2, 0.25) is 0 Å². The molecule has 3 saturated carbocycles. The van der Waals surface area contributed by atoms with Gasteiger partial charge in [0, 0.05) is 6.42 Å². The van der Waals surface area contributed by atoms with Crippen LogP contribution in [-0.2, 0) is 14.1 Å². The molecule has 0 saturated heterocycles. The maximum absolute atomic E-state index is 12.2. The standard InChI is InChI=1S/C30H51O5P/c1-20(2)7-6-8-21(3)25-11-12-26-24-10-9-22-19-23(35-28(31)15-18-36(32,33)34)13-16-29(22,4)27(24)14-17-30(25,26)5/h9,20-21,23-27H,6-8,10-19H2,1-5H3,(H2,32,33,34)/t21-,23+,24+,25?,26?,27?,29+,30-/m1/s1. The Morgan fingerprint density at radius 2 is 1.83 bits per heavy atom. The Morgan fingerprint density at radius 3 is 2.53 bits per heavy atom. The van der Waals surface area contributed by atoms with Crippen molar-refractivity contribution in [2.24, 2.45) is 46.3 Å². The van der Waals surface area contributed by atoms with Crippen molar-refractivity contribution in [1.29, 1.82) is 0 Å². The number of carbonyl (C=O) groups is 1. The van der Waals surface area contributed by atoms with Crippen molar-refractivity contribution in [2.75, 3.05) is 6.16 Å². The van der Waals surface area contributed by atoms with Crippen LogP contribution in [0.2, 0.25) is 0 Å². The van der Waals surface area contributed by atoms with Crippen LogP contribution in [0.5, 0.6) is 0 Å². The highest BCUT2D eigenvalue weighted by molar-refractivity contribution is 7.51. The second kappa shape index (κ2) is 10.9. The molecular weight excluding hydrogens is 471 g/mol.